The quantitative estimate of drug-likeness (QED) is 0.0469. The number of unbranched alkanes of at least 4 members (excludes halogenated alkanes) is 6. The van der Waals surface area contributed by atoms with Crippen LogP contribution >= 0.6 is 0 Å². The first-order valence-corrected chi connectivity index (χ1v) is 26.5. The van der Waals surface area contributed by atoms with Gasteiger partial charge in [-0.2, -0.15) is 0 Å². The number of hydrogen-bond donors (Lipinski definition) is 0. The van der Waals surface area contributed by atoms with Gasteiger partial charge in [0.1, 0.15) is 0 Å². The van der Waals surface area contributed by atoms with Gasteiger partial charge in [0.25, 0.3) is 0 Å². The fraction of sp³-hybridized carbons (Fsp3) is 0.379. The molecular formula is C66H79N. The van der Waals surface area contributed by atoms with Crippen LogP contribution in [0.5, 0.6) is 0 Å². The van der Waals surface area contributed by atoms with E-state index in [0.717, 1.165) is 63.5 Å². The largest absolute Gasteiger partial charge is 0.258 e. The molecule has 0 unspecified atom stereocenters. The van der Waals surface area contributed by atoms with Crippen molar-refractivity contribution in [3.63, 3.8) is 0 Å². The van der Waals surface area contributed by atoms with E-state index in [2.05, 4.69) is 179 Å². The van der Waals surface area contributed by atoms with E-state index in [0.29, 0.717) is 0 Å². The van der Waals surface area contributed by atoms with E-state index >= 15 is 0 Å². The third kappa shape index (κ3) is 15.5. The Balaban J connectivity index is 0.986. The molecule has 0 radical (unpaired) electrons. The van der Waals surface area contributed by atoms with Crippen LogP contribution in [0.1, 0.15) is 154 Å². The Morgan fingerprint density at radius 2 is 0.552 bits per heavy atom. The highest BCUT2D eigenvalue weighted by Crippen LogP contribution is 2.27. The van der Waals surface area contributed by atoms with Gasteiger partial charge in [0.05, 0.1) is 0 Å². The molecule has 0 saturated heterocycles. The summed E-state index contributed by atoms with van der Waals surface area (Å²) in [6.45, 7) is 9.02. The van der Waals surface area contributed by atoms with Crippen LogP contribution < -0.4 is 0 Å². The van der Waals surface area contributed by atoms with Gasteiger partial charge in [0, 0.05) is 11.4 Å². The van der Waals surface area contributed by atoms with Gasteiger partial charge in [-0.25, -0.2) is 0 Å². The van der Waals surface area contributed by atoms with Gasteiger partial charge in [0.2, 0.25) is 0 Å². The predicted octanol–water partition coefficient (Wildman–Crippen LogP) is 18.1. The molecule has 67 heavy (non-hydrogen) atoms. The summed E-state index contributed by atoms with van der Waals surface area (Å²) >= 11 is 0. The maximum atomic E-state index is 5.28. The molecule has 0 aliphatic rings. The summed E-state index contributed by atoms with van der Waals surface area (Å²) in [5.74, 6) is 0. The number of rotatable bonds is 27. The summed E-state index contributed by atoms with van der Waals surface area (Å²) in [4.78, 5) is 5.28. The summed E-state index contributed by atoms with van der Waals surface area (Å²) in [6.07, 6.45) is 24.9. The minimum Gasteiger partial charge on any atom is -0.258 e. The van der Waals surface area contributed by atoms with Crippen molar-refractivity contribution in [1.82, 2.24) is 4.98 Å². The van der Waals surface area contributed by atoms with Gasteiger partial charge in [-0.1, -0.05) is 205 Å². The van der Waals surface area contributed by atoms with Crippen LogP contribution in [0.2, 0.25) is 0 Å². The SMILES string of the molecule is CCCCCc1ccc(-c2ccc(CCCc3cc(C)nc(CCCc4ccc(-c5ccc(CCCCC)cc5)cc4)c3CCCc3ccc(-c4ccc(CCCCC)cc4)cc3)cc2)cc1. The summed E-state index contributed by atoms with van der Waals surface area (Å²) in [6, 6.07) is 58.1. The molecule has 0 fully saturated rings. The molecule has 0 saturated carbocycles. The van der Waals surface area contributed by atoms with Gasteiger partial charge in [-0.05, 0) is 187 Å². The molecule has 0 N–H and O–H groups in total. The van der Waals surface area contributed by atoms with Crippen molar-refractivity contribution in [3.05, 3.63) is 208 Å². The summed E-state index contributed by atoms with van der Waals surface area (Å²) < 4.78 is 0. The lowest BCUT2D eigenvalue weighted by molar-refractivity contribution is 0.717. The Bertz CT molecular complexity index is 2350. The van der Waals surface area contributed by atoms with Gasteiger partial charge < -0.3 is 0 Å². The highest BCUT2D eigenvalue weighted by atomic mass is 14.7. The maximum absolute atomic E-state index is 5.28. The molecule has 0 spiro atoms. The van der Waals surface area contributed by atoms with Crippen molar-refractivity contribution in [2.75, 3.05) is 0 Å². The summed E-state index contributed by atoms with van der Waals surface area (Å²) in [5, 5.41) is 0. The molecule has 348 valence electrons. The van der Waals surface area contributed by atoms with Crippen LogP contribution in [-0.2, 0) is 57.8 Å². The van der Waals surface area contributed by atoms with Crippen molar-refractivity contribution in [3.8, 4) is 33.4 Å². The predicted molar refractivity (Wildman–Crippen MR) is 290 cm³/mol. The standard InChI is InChI=1S/C66H79N/c1-5-8-11-17-52-26-38-58(39-27-52)61-44-32-55(33-45-61)20-14-23-64-50-51(4)67-66(25-16-22-57-36-48-63(49-37-57)60-42-30-54(31-43-60)19-13-10-7-3)65(64)24-15-21-56-34-46-62(47-35-56)59-40-28-53(29-41-59)18-12-9-6-2/h26-50H,5-25H2,1-4H3. The number of benzene rings is 6. The Labute approximate surface area is 406 Å². The highest BCUT2D eigenvalue weighted by Gasteiger charge is 2.13. The van der Waals surface area contributed by atoms with E-state index in [1.165, 1.54) is 161 Å². The van der Waals surface area contributed by atoms with E-state index < -0.39 is 0 Å². The number of aryl methyl sites for hydroxylation is 9. The molecule has 7 rings (SSSR count). The van der Waals surface area contributed by atoms with Gasteiger partial charge in [0.15, 0.2) is 0 Å². The Morgan fingerprint density at radius 3 is 0.851 bits per heavy atom. The van der Waals surface area contributed by atoms with Crippen LogP contribution in [0.3, 0.4) is 0 Å². The second kappa shape index (κ2) is 26.7. The maximum Gasteiger partial charge on any atom is 0.0441 e. The van der Waals surface area contributed by atoms with Crippen molar-refractivity contribution >= 4 is 0 Å². The van der Waals surface area contributed by atoms with E-state index in [1.807, 2.05) is 0 Å². The third-order valence-corrected chi connectivity index (χ3v) is 14.0. The Kier molecular flexibility index (Phi) is 19.7. The topological polar surface area (TPSA) is 12.9 Å². The lowest BCUT2D eigenvalue weighted by Gasteiger charge is -2.17. The first-order chi connectivity index (χ1) is 33.0. The molecule has 0 aliphatic heterocycles. The van der Waals surface area contributed by atoms with Crippen molar-refractivity contribution < 1.29 is 0 Å². The molecule has 0 amide bonds. The third-order valence-electron chi connectivity index (χ3n) is 14.0. The van der Waals surface area contributed by atoms with E-state index in [9.17, 15) is 0 Å². The fourth-order valence-electron chi connectivity index (χ4n) is 9.90. The molecule has 1 heterocycles. The van der Waals surface area contributed by atoms with Crippen molar-refractivity contribution in [2.45, 2.75) is 163 Å². The molecule has 0 aliphatic carbocycles. The number of pyridine rings is 1. The van der Waals surface area contributed by atoms with Crippen LogP contribution in [-0.4, -0.2) is 4.98 Å². The fourth-order valence-corrected chi connectivity index (χ4v) is 9.90. The van der Waals surface area contributed by atoms with Crippen LogP contribution in [0.4, 0.5) is 0 Å². The average Bonchev–Trinajstić information content (AvgIpc) is 3.36. The Morgan fingerprint density at radius 1 is 0.284 bits per heavy atom. The number of nitrogens with zero attached hydrogens (tertiary/aromatic N) is 1. The monoisotopic (exact) mass is 886 g/mol. The van der Waals surface area contributed by atoms with E-state index in [4.69, 9.17) is 4.98 Å². The van der Waals surface area contributed by atoms with Gasteiger partial charge >= 0.3 is 0 Å². The van der Waals surface area contributed by atoms with Gasteiger partial charge in [-0.15, -0.1) is 0 Å². The minimum absolute atomic E-state index is 1.01. The molecule has 1 nitrogen and oxygen atoms in total. The average molecular weight is 886 g/mol. The highest BCUT2D eigenvalue weighted by molar-refractivity contribution is 5.66. The molecule has 1 aromatic heterocycles. The number of hydrogen-bond acceptors (Lipinski definition) is 1. The molecule has 0 bridgehead atoms. The van der Waals surface area contributed by atoms with Crippen LogP contribution in [0, 0.1) is 6.92 Å². The first kappa shape index (κ1) is 49.4. The Hall–Kier alpha value is -5.53. The number of aromatic nitrogens is 1. The zero-order valence-corrected chi connectivity index (χ0v) is 41.7. The lowest BCUT2D eigenvalue weighted by Crippen LogP contribution is -2.07. The van der Waals surface area contributed by atoms with Crippen LogP contribution in [0.15, 0.2) is 152 Å². The molecule has 7 aromatic rings. The van der Waals surface area contributed by atoms with E-state index in [-0.39, 0.29) is 0 Å². The minimum atomic E-state index is 1.01. The summed E-state index contributed by atoms with van der Waals surface area (Å²) in [7, 11) is 0. The smallest absolute Gasteiger partial charge is 0.0441 e. The molecule has 0 atom stereocenters. The summed E-state index contributed by atoms with van der Waals surface area (Å²) in [5.41, 5.74) is 21.9. The van der Waals surface area contributed by atoms with E-state index in [1.54, 1.807) is 0 Å². The molecule has 1 heteroatoms. The normalized spacial score (nSPS) is 11.3. The molecular weight excluding hydrogens is 807 g/mol. The van der Waals surface area contributed by atoms with Crippen molar-refractivity contribution in [2.24, 2.45) is 0 Å². The van der Waals surface area contributed by atoms with Crippen LogP contribution in [0.25, 0.3) is 33.4 Å². The zero-order valence-electron chi connectivity index (χ0n) is 41.7. The second-order valence-corrected chi connectivity index (χ2v) is 19.5. The second-order valence-electron chi connectivity index (χ2n) is 19.5. The first-order valence-electron chi connectivity index (χ1n) is 26.5. The zero-order chi connectivity index (χ0) is 46.5. The molecule has 6 aromatic carbocycles. The van der Waals surface area contributed by atoms with Crippen molar-refractivity contribution in [1.29, 1.82) is 0 Å². The lowest BCUT2D eigenvalue weighted by atomic mass is 9.91. The van der Waals surface area contributed by atoms with Gasteiger partial charge in [-0.3, -0.25) is 4.98 Å².